The van der Waals surface area contributed by atoms with Gasteiger partial charge in [-0.25, -0.2) is 16.8 Å². The van der Waals surface area contributed by atoms with Crippen LogP contribution in [0.2, 0.25) is 0 Å². The maximum Gasteiger partial charge on any atom is 0.242 e. The molecule has 18 nitrogen and oxygen atoms in total. The number of nitrogens with one attached hydrogen (secondary N) is 4. The molecular formula is C45H70N10O8S2. The van der Waals surface area contributed by atoms with Crippen LogP contribution in [-0.2, 0) is 57.8 Å². The van der Waals surface area contributed by atoms with E-state index in [1.807, 2.05) is 48.5 Å². The van der Waals surface area contributed by atoms with Gasteiger partial charge in [-0.1, -0.05) is 97.4 Å². The van der Waals surface area contributed by atoms with Gasteiger partial charge in [0.1, 0.15) is 6.04 Å². The fourth-order valence-electron chi connectivity index (χ4n) is 7.29. The highest BCUT2D eigenvalue weighted by atomic mass is 32.2. The number of benzene rings is 3. The Hall–Kier alpha value is -4.80. The number of primary amides is 1. The van der Waals surface area contributed by atoms with E-state index in [-0.39, 0.29) is 38.4 Å². The summed E-state index contributed by atoms with van der Waals surface area (Å²) in [6, 6.07) is 23.6. The molecule has 4 amide bonds. The van der Waals surface area contributed by atoms with Gasteiger partial charge in [-0.3, -0.25) is 19.2 Å². The number of carbonyl (C=O) groups excluding carboxylic acids is 4. The van der Waals surface area contributed by atoms with Crippen molar-refractivity contribution in [1.29, 1.82) is 0 Å². The predicted molar refractivity (Wildman–Crippen MR) is 254 cm³/mol. The maximum absolute atomic E-state index is 14.3. The molecule has 3 aromatic carbocycles. The van der Waals surface area contributed by atoms with Crippen molar-refractivity contribution >= 4 is 43.7 Å². The summed E-state index contributed by atoms with van der Waals surface area (Å²) in [5.41, 5.74) is 24.9. The number of nitrogens with two attached hydrogens (primary N) is 4. The molecule has 20 heteroatoms. The quantitative estimate of drug-likeness (QED) is 0.0377. The first-order chi connectivity index (χ1) is 31.1. The summed E-state index contributed by atoms with van der Waals surface area (Å²) in [5.74, 6) is -3.56. The standard InChI is InChI=1S/C45H70N10O8S2/c1-50-40(21-11-13-25-46)44(58)51-38(24-23-35-15-5-2-6-16-35)30-55(64(60,61)28-27-48)33-43(57)53-41(22-12-14-26-47)45(59)52-39(29-36-17-7-3-8-18-36)31-54(32-42(49)56)65(62,63)34-37-19-9-4-10-20-37/h2-10,15-20,38-41,50H,11-14,21-34,46-48H2,1H3,(H2,49,56)(H,51,58)(H,52,59)(H,53,57)/t38-,39-,40-,41-/m0/s1. The monoisotopic (exact) mass is 942 g/mol. The number of hydrogen-bond acceptors (Lipinski definition) is 12. The van der Waals surface area contributed by atoms with E-state index >= 15 is 0 Å². The molecule has 3 aromatic rings. The van der Waals surface area contributed by atoms with E-state index in [4.69, 9.17) is 22.9 Å². The fourth-order valence-corrected chi connectivity index (χ4v) is 10.1. The topological polar surface area (TPSA) is 295 Å². The summed E-state index contributed by atoms with van der Waals surface area (Å²) in [6.07, 6.45) is 3.97. The van der Waals surface area contributed by atoms with Crippen LogP contribution in [0.5, 0.6) is 0 Å². The zero-order valence-corrected chi connectivity index (χ0v) is 39.1. The molecule has 12 N–H and O–H groups in total. The van der Waals surface area contributed by atoms with Crippen LogP contribution in [0.15, 0.2) is 91.0 Å². The average molecular weight is 943 g/mol. The smallest absolute Gasteiger partial charge is 0.242 e. The number of hydrogen-bond donors (Lipinski definition) is 8. The number of carbonyl (C=O) groups is 4. The third kappa shape index (κ3) is 20.5. The van der Waals surface area contributed by atoms with Crippen LogP contribution in [0.3, 0.4) is 0 Å². The van der Waals surface area contributed by atoms with Crippen LogP contribution in [0.4, 0.5) is 0 Å². The van der Waals surface area contributed by atoms with Gasteiger partial charge in [0.15, 0.2) is 0 Å². The second-order valence-corrected chi connectivity index (χ2v) is 20.1. The van der Waals surface area contributed by atoms with Gasteiger partial charge in [-0.2, -0.15) is 8.61 Å². The van der Waals surface area contributed by atoms with E-state index in [9.17, 15) is 36.0 Å². The summed E-state index contributed by atoms with van der Waals surface area (Å²) in [7, 11) is -6.64. The molecule has 0 aliphatic heterocycles. The number of nitrogens with zero attached hydrogens (tertiary/aromatic N) is 2. The van der Waals surface area contributed by atoms with E-state index in [0.717, 1.165) is 26.2 Å². The van der Waals surface area contributed by atoms with Crippen LogP contribution >= 0.6 is 0 Å². The van der Waals surface area contributed by atoms with E-state index in [1.54, 1.807) is 49.5 Å². The van der Waals surface area contributed by atoms with Crippen molar-refractivity contribution < 1.29 is 36.0 Å². The lowest BCUT2D eigenvalue weighted by molar-refractivity contribution is -0.129. The number of aryl methyl sites for hydroxylation is 1. The first kappa shape index (κ1) is 54.5. The largest absolute Gasteiger partial charge is 0.369 e. The van der Waals surface area contributed by atoms with Crippen molar-refractivity contribution in [2.75, 3.05) is 58.6 Å². The van der Waals surface area contributed by atoms with E-state index in [1.165, 1.54) is 0 Å². The number of unbranched alkanes of at least 4 members (excludes halogenated alkanes) is 2. The summed E-state index contributed by atoms with van der Waals surface area (Å²) < 4.78 is 57.1. The highest BCUT2D eigenvalue weighted by Gasteiger charge is 2.33. The van der Waals surface area contributed by atoms with Gasteiger partial charge in [0.05, 0.1) is 30.6 Å². The van der Waals surface area contributed by atoms with Gasteiger partial charge in [0.25, 0.3) is 0 Å². The summed E-state index contributed by atoms with van der Waals surface area (Å²) >= 11 is 0. The zero-order chi connectivity index (χ0) is 47.7. The summed E-state index contributed by atoms with van der Waals surface area (Å²) in [6.45, 7) is -1.36. The highest BCUT2D eigenvalue weighted by molar-refractivity contribution is 7.89. The van der Waals surface area contributed by atoms with Crippen molar-refractivity contribution in [3.8, 4) is 0 Å². The molecule has 0 fully saturated rings. The van der Waals surface area contributed by atoms with E-state index < -0.39 is 86.5 Å². The first-order valence-corrected chi connectivity index (χ1v) is 25.4. The molecule has 0 heterocycles. The predicted octanol–water partition coefficient (Wildman–Crippen LogP) is 0.0701. The molecule has 0 bridgehead atoms. The normalized spacial score (nSPS) is 13.8. The molecule has 0 aromatic heterocycles. The minimum atomic E-state index is -4.17. The summed E-state index contributed by atoms with van der Waals surface area (Å²) in [4.78, 5) is 54.1. The van der Waals surface area contributed by atoms with E-state index in [2.05, 4.69) is 21.3 Å². The fraction of sp³-hybridized carbons (Fsp3) is 0.511. The minimum absolute atomic E-state index is 0.116. The number of likely N-dealkylation sites (N-methyl/N-ethyl adjacent to an activating group) is 1. The third-order valence-electron chi connectivity index (χ3n) is 10.7. The Labute approximate surface area is 385 Å². The Bertz CT molecular complexity index is 2100. The molecule has 0 radical (unpaired) electrons. The average Bonchev–Trinajstić information content (AvgIpc) is 3.27. The SMILES string of the molecule is CN[C@@H](CCCCN)C(=O)N[C@@H](CCc1ccccc1)CN(CC(=O)N[C@@H](CCCCN)C(=O)N[C@@H](Cc1ccccc1)CN(CC(N)=O)S(=O)(=O)Cc1ccccc1)S(=O)(=O)CCN. The molecule has 0 aliphatic carbocycles. The first-order valence-electron chi connectivity index (χ1n) is 22.1. The van der Waals surface area contributed by atoms with Gasteiger partial charge in [0, 0.05) is 31.7 Å². The van der Waals surface area contributed by atoms with Crippen LogP contribution in [0.1, 0.15) is 61.6 Å². The van der Waals surface area contributed by atoms with Gasteiger partial charge in [-0.15, -0.1) is 0 Å². The number of amides is 4. The Kier molecular flexibility index (Phi) is 24.3. The molecule has 0 saturated heterocycles. The number of rotatable bonds is 33. The third-order valence-corrected chi connectivity index (χ3v) is 14.3. The van der Waals surface area contributed by atoms with Gasteiger partial charge < -0.3 is 44.2 Å². The minimum Gasteiger partial charge on any atom is -0.369 e. The van der Waals surface area contributed by atoms with Crippen molar-refractivity contribution in [3.05, 3.63) is 108 Å². The molecule has 3 rings (SSSR count). The maximum atomic E-state index is 14.3. The van der Waals surface area contributed by atoms with Crippen molar-refractivity contribution in [3.63, 3.8) is 0 Å². The lowest BCUT2D eigenvalue weighted by Crippen LogP contribution is -2.56. The Morgan fingerprint density at radius 2 is 1.06 bits per heavy atom. The number of sulfonamides is 2. The second-order valence-electron chi connectivity index (χ2n) is 16.1. The van der Waals surface area contributed by atoms with E-state index in [0.29, 0.717) is 57.2 Å². The second kappa shape index (κ2) is 29.0. The van der Waals surface area contributed by atoms with Crippen LogP contribution in [0.25, 0.3) is 0 Å². The zero-order valence-electron chi connectivity index (χ0n) is 37.5. The van der Waals surface area contributed by atoms with Crippen molar-refractivity contribution in [2.24, 2.45) is 22.9 Å². The van der Waals surface area contributed by atoms with Crippen LogP contribution < -0.4 is 44.2 Å². The Morgan fingerprint density at radius 1 is 0.569 bits per heavy atom. The van der Waals surface area contributed by atoms with Crippen molar-refractivity contribution in [1.82, 2.24) is 29.9 Å². The lowest BCUT2D eigenvalue weighted by atomic mass is 10.0. The molecular weight excluding hydrogens is 873 g/mol. The Morgan fingerprint density at radius 3 is 1.60 bits per heavy atom. The molecule has 4 atom stereocenters. The molecule has 0 spiro atoms. The van der Waals surface area contributed by atoms with Gasteiger partial charge >= 0.3 is 0 Å². The molecule has 0 unspecified atom stereocenters. The lowest BCUT2D eigenvalue weighted by Gasteiger charge is -2.30. The molecule has 360 valence electrons. The summed E-state index contributed by atoms with van der Waals surface area (Å²) in [5, 5.41) is 11.7. The molecule has 0 aliphatic rings. The molecule has 65 heavy (non-hydrogen) atoms. The highest BCUT2D eigenvalue weighted by Crippen LogP contribution is 2.16. The van der Waals surface area contributed by atoms with Crippen LogP contribution in [-0.4, -0.2) is 132 Å². The Balaban J connectivity index is 1.92. The van der Waals surface area contributed by atoms with Gasteiger partial charge in [0.2, 0.25) is 43.7 Å². The van der Waals surface area contributed by atoms with Crippen LogP contribution in [0, 0.1) is 0 Å². The van der Waals surface area contributed by atoms with Crippen molar-refractivity contribution in [2.45, 2.75) is 87.7 Å². The van der Waals surface area contributed by atoms with Gasteiger partial charge in [-0.05, 0) is 88.2 Å². The molecule has 0 saturated carbocycles.